The zero-order chi connectivity index (χ0) is 13.1. The van der Waals surface area contributed by atoms with Gasteiger partial charge in [-0.3, -0.25) is 0 Å². The lowest BCUT2D eigenvalue weighted by Crippen LogP contribution is -1.97. The molecule has 0 bridgehead atoms. The molecule has 0 saturated heterocycles. The van der Waals surface area contributed by atoms with E-state index in [1.807, 2.05) is 26.0 Å². The maximum atomic E-state index is 5.76. The van der Waals surface area contributed by atoms with E-state index >= 15 is 0 Å². The van der Waals surface area contributed by atoms with Gasteiger partial charge < -0.3 is 10.5 Å². The smallest absolute Gasteiger partial charge is 0.180 e. The van der Waals surface area contributed by atoms with Gasteiger partial charge in [-0.15, -0.1) is 11.3 Å². The molecule has 0 aliphatic carbocycles. The number of aryl methyl sites for hydroxylation is 1. The third kappa shape index (κ3) is 2.64. The minimum absolute atomic E-state index is 0.292. The van der Waals surface area contributed by atoms with Crippen LogP contribution in [0, 0.1) is 6.92 Å². The summed E-state index contributed by atoms with van der Waals surface area (Å²) in [5, 5.41) is 0.635. The molecule has 0 fully saturated rings. The fourth-order valence-corrected chi connectivity index (χ4v) is 2.94. The first-order chi connectivity index (χ1) is 8.61. The number of nitrogen functional groups attached to an aromatic ring is 1. The van der Waals surface area contributed by atoms with Crippen molar-refractivity contribution in [2.45, 2.75) is 26.7 Å². The van der Waals surface area contributed by atoms with Crippen LogP contribution in [0.3, 0.4) is 0 Å². The third-order valence-corrected chi connectivity index (χ3v) is 4.08. The molecule has 0 amide bonds. The second kappa shape index (κ2) is 5.40. The van der Waals surface area contributed by atoms with Gasteiger partial charge in [0.1, 0.15) is 5.75 Å². The van der Waals surface area contributed by atoms with E-state index in [0.717, 1.165) is 11.4 Å². The van der Waals surface area contributed by atoms with Gasteiger partial charge in [-0.05, 0) is 31.5 Å². The molecule has 1 aromatic carbocycles. The topological polar surface area (TPSA) is 48.1 Å². The van der Waals surface area contributed by atoms with E-state index in [2.05, 4.69) is 24.0 Å². The Bertz CT molecular complexity index is 536. The molecule has 0 aliphatic heterocycles. The van der Waals surface area contributed by atoms with Crippen LogP contribution in [0.1, 0.15) is 35.9 Å². The fraction of sp³-hybridized carbons (Fsp3) is 0.357. The summed E-state index contributed by atoms with van der Waals surface area (Å²) in [5.41, 5.74) is 8.01. The molecule has 1 aromatic heterocycles. The molecule has 2 aromatic rings. The minimum atomic E-state index is 0.292. The highest BCUT2D eigenvalue weighted by Gasteiger charge is 2.15. The molecule has 1 atom stereocenters. The zero-order valence-electron chi connectivity index (χ0n) is 10.9. The Morgan fingerprint density at radius 2 is 2.22 bits per heavy atom. The molecule has 0 aliphatic rings. The van der Waals surface area contributed by atoms with Crippen LogP contribution in [-0.2, 0) is 0 Å². The molecular formula is C14H18N2OS. The molecule has 4 heteroatoms. The average molecular weight is 262 g/mol. The summed E-state index contributed by atoms with van der Waals surface area (Å²) >= 11 is 1.56. The number of ether oxygens (including phenoxy) is 1. The summed E-state index contributed by atoms with van der Waals surface area (Å²) < 4.78 is 5.53. The Balaban J connectivity index is 2.30. The van der Waals surface area contributed by atoms with Crippen LogP contribution in [0.15, 0.2) is 24.3 Å². The minimum Gasteiger partial charge on any atom is -0.494 e. The fourth-order valence-electron chi connectivity index (χ4n) is 2.02. The van der Waals surface area contributed by atoms with Gasteiger partial charge in [-0.2, -0.15) is 0 Å². The molecule has 1 unspecified atom stereocenters. The first kappa shape index (κ1) is 12.9. The van der Waals surface area contributed by atoms with E-state index < -0.39 is 0 Å². The van der Waals surface area contributed by atoms with Crippen molar-refractivity contribution in [1.82, 2.24) is 4.98 Å². The lowest BCUT2D eigenvalue weighted by molar-refractivity contribution is 0.340. The Hall–Kier alpha value is -1.55. The molecule has 0 saturated carbocycles. The number of aromatic nitrogens is 1. The van der Waals surface area contributed by atoms with Crippen molar-refractivity contribution in [1.29, 1.82) is 0 Å². The predicted molar refractivity (Wildman–Crippen MR) is 76.4 cm³/mol. The summed E-state index contributed by atoms with van der Waals surface area (Å²) in [4.78, 5) is 5.50. The SMILES string of the molecule is CCOc1cccc(C(C)c2sc(N)nc2C)c1. The summed E-state index contributed by atoms with van der Waals surface area (Å²) in [6.45, 7) is 6.85. The monoisotopic (exact) mass is 262 g/mol. The van der Waals surface area contributed by atoms with Gasteiger partial charge in [-0.25, -0.2) is 4.98 Å². The van der Waals surface area contributed by atoms with Crippen molar-refractivity contribution in [3.63, 3.8) is 0 Å². The number of rotatable bonds is 4. The number of nitrogens with zero attached hydrogens (tertiary/aromatic N) is 1. The molecule has 2 N–H and O–H groups in total. The van der Waals surface area contributed by atoms with Gasteiger partial charge >= 0.3 is 0 Å². The first-order valence-corrected chi connectivity index (χ1v) is 6.89. The molecule has 96 valence electrons. The van der Waals surface area contributed by atoms with E-state index in [0.29, 0.717) is 17.7 Å². The van der Waals surface area contributed by atoms with Gasteiger partial charge in [0.05, 0.1) is 12.3 Å². The van der Waals surface area contributed by atoms with Crippen LogP contribution in [0.2, 0.25) is 0 Å². The number of hydrogen-bond acceptors (Lipinski definition) is 4. The van der Waals surface area contributed by atoms with Gasteiger partial charge in [-0.1, -0.05) is 19.1 Å². The summed E-state index contributed by atoms with van der Waals surface area (Å²) in [6.07, 6.45) is 0. The number of thiazole rings is 1. The van der Waals surface area contributed by atoms with E-state index in [1.165, 1.54) is 10.4 Å². The summed E-state index contributed by atoms with van der Waals surface area (Å²) in [7, 11) is 0. The lowest BCUT2D eigenvalue weighted by atomic mass is 9.98. The zero-order valence-corrected chi connectivity index (χ0v) is 11.8. The normalized spacial score (nSPS) is 12.4. The van der Waals surface area contributed by atoms with Gasteiger partial charge in [0, 0.05) is 10.8 Å². The van der Waals surface area contributed by atoms with Gasteiger partial charge in [0.15, 0.2) is 5.13 Å². The molecule has 0 radical (unpaired) electrons. The number of nitrogens with two attached hydrogens (primary N) is 1. The molecular weight excluding hydrogens is 244 g/mol. The average Bonchev–Trinajstić information content (AvgIpc) is 2.68. The molecule has 18 heavy (non-hydrogen) atoms. The Morgan fingerprint density at radius 3 is 2.83 bits per heavy atom. The van der Waals surface area contributed by atoms with Crippen LogP contribution >= 0.6 is 11.3 Å². The van der Waals surface area contributed by atoms with Crippen LogP contribution in [0.25, 0.3) is 0 Å². The van der Waals surface area contributed by atoms with Crippen LogP contribution in [-0.4, -0.2) is 11.6 Å². The van der Waals surface area contributed by atoms with E-state index in [1.54, 1.807) is 11.3 Å². The number of anilines is 1. The van der Waals surface area contributed by atoms with Crippen LogP contribution in [0.5, 0.6) is 5.75 Å². The van der Waals surface area contributed by atoms with Crippen molar-refractivity contribution < 1.29 is 4.74 Å². The second-order valence-corrected chi connectivity index (χ2v) is 5.29. The van der Waals surface area contributed by atoms with Crippen LogP contribution in [0.4, 0.5) is 5.13 Å². The molecule has 3 nitrogen and oxygen atoms in total. The number of hydrogen-bond donors (Lipinski definition) is 1. The summed E-state index contributed by atoms with van der Waals surface area (Å²) in [5.74, 6) is 1.21. The summed E-state index contributed by atoms with van der Waals surface area (Å²) in [6, 6.07) is 8.20. The molecule has 1 heterocycles. The van der Waals surface area contributed by atoms with Crippen molar-refractivity contribution in [3.05, 3.63) is 40.4 Å². The highest BCUT2D eigenvalue weighted by Crippen LogP contribution is 2.33. The highest BCUT2D eigenvalue weighted by atomic mass is 32.1. The van der Waals surface area contributed by atoms with Gasteiger partial charge in [0.2, 0.25) is 0 Å². The third-order valence-electron chi connectivity index (χ3n) is 2.91. The predicted octanol–water partition coefficient (Wildman–Crippen LogP) is 3.58. The van der Waals surface area contributed by atoms with E-state index in [-0.39, 0.29) is 0 Å². The van der Waals surface area contributed by atoms with E-state index in [9.17, 15) is 0 Å². The lowest BCUT2D eigenvalue weighted by Gasteiger charge is -2.12. The maximum absolute atomic E-state index is 5.76. The van der Waals surface area contributed by atoms with E-state index in [4.69, 9.17) is 10.5 Å². The number of benzene rings is 1. The standard InChI is InChI=1S/C14H18N2OS/c1-4-17-12-7-5-6-11(8-12)9(2)13-10(3)16-14(15)18-13/h5-9H,4H2,1-3H3,(H2,15,16). The van der Waals surface area contributed by atoms with Crippen molar-refractivity contribution in [2.75, 3.05) is 12.3 Å². The van der Waals surface area contributed by atoms with Crippen molar-refractivity contribution >= 4 is 16.5 Å². The largest absolute Gasteiger partial charge is 0.494 e. The quantitative estimate of drug-likeness (QED) is 0.916. The maximum Gasteiger partial charge on any atom is 0.180 e. The Morgan fingerprint density at radius 1 is 1.44 bits per heavy atom. The van der Waals surface area contributed by atoms with Crippen molar-refractivity contribution in [2.24, 2.45) is 0 Å². The first-order valence-electron chi connectivity index (χ1n) is 6.07. The Labute approximate surface area is 112 Å². The molecule has 2 rings (SSSR count). The molecule has 0 spiro atoms. The van der Waals surface area contributed by atoms with Crippen molar-refractivity contribution in [3.8, 4) is 5.75 Å². The van der Waals surface area contributed by atoms with Gasteiger partial charge in [0.25, 0.3) is 0 Å². The second-order valence-electron chi connectivity index (χ2n) is 4.23. The Kier molecular flexibility index (Phi) is 3.87. The van der Waals surface area contributed by atoms with Crippen LogP contribution < -0.4 is 10.5 Å². The highest BCUT2D eigenvalue weighted by molar-refractivity contribution is 7.15.